The second-order valence-electron chi connectivity index (χ2n) is 7.25. The predicted octanol–water partition coefficient (Wildman–Crippen LogP) is 3.16. The molecular weight excluding hydrogens is 338 g/mol. The number of rotatable bonds is 4. The standard InChI is InChI=1S/C21H25N5O/c1-14(17-8-7-16-5-3-4-6-18(16)13-17)23-21(27)20-15(2)26(25-24-20)19-9-11-22-12-10-19/h3-8,13-14,19,22H,9-12H2,1-2H3,(H,23,27). The van der Waals surface area contributed by atoms with E-state index in [-0.39, 0.29) is 11.9 Å². The number of fused-ring (bicyclic) bond motifs is 1. The molecule has 2 heterocycles. The third-order valence-corrected chi connectivity index (χ3v) is 5.42. The van der Waals surface area contributed by atoms with Crippen LogP contribution in [0.2, 0.25) is 0 Å². The maximum absolute atomic E-state index is 12.8. The Balaban J connectivity index is 1.50. The quantitative estimate of drug-likeness (QED) is 0.747. The third-order valence-electron chi connectivity index (χ3n) is 5.42. The Morgan fingerprint density at radius 3 is 2.70 bits per heavy atom. The van der Waals surface area contributed by atoms with Crippen LogP contribution in [0.4, 0.5) is 0 Å². The van der Waals surface area contributed by atoms with Crippen molar-refractivity contribution in [3.05, 3.63) is 59.4 Å². The van der Waals surface area contributed by atoms with Gasteiger partial charge in [-0.1, -0.05) is 41.6 Å². The highest BCUT2D eigenvalue weighted by molar-refractivity contribution is 5.93. The third kappa shape index (κ3) is 3.57. The van der Waals surface area contributed by atoms with Crippen molar-refractivity contribution < 1.29 is 4.79 Å². The van der Waals surface area contributed by atoms with Crippen molar-refractivity contribution >= 4 is 16.7 Å². The van der Waals surface area contributed by atoms with Gasteiger partial charge in [0, 0.05) is 0 Å². The van der Waals surface area contributed by atoms with Gasteiger partial charge in [0.15, 0.2) is 5.69 Å². The van der Waals surface area contributed by atoms with Crippen molar-refractivity contribution in [2.45, 2.75) is 38.8 Å². The summed E-state index contributed by atoms with van der Waals surface area (Å²) in [6.45, 7) is 5.88. The van der Waals surface area contributed by atoms with Crippen LogP contribution in [0, 0.1) is 6.92 Å². The van der Waals surface area contributed by atoms with E-state index in [0.29, 0.717) is 11.7 Å². The molecule has 27 heavy (non-hydrogen) atoms. The van der Waals surface area contributed by atoms with Crippen molar-refractivity contribution in [2.75, 3.05) is 13.1 Å². The van der Waals surface area contributed by atoms with Crippen molar-refractivity contribution in [2.24, 2.45) is 0 Å². The summed E-state index contributed by atoms with van der Waals surface area (Å²) in [5.74, 6) is -0.173. The van der Waals surface area contributed by atoms with E-state index in [9.17, 15) is 4.79 Å². The highest BCUT2D eigenvalue weighted by Crippen LogP contribution is 2.22. The van der Waals surface area contributed by atoms with Gasteiger partial charge in [-0.2, -0.15) is 0 Å². The lowest BCUT2D eigenvalue weighted by atomic mass is 10.0. The molecule has 2 aromatic carbocycles. The maximum Gasteiger partial charge on any atom is 0.274 e. The molecule has 0 spiro atoms. The van der Waals surface area contributed by atoms with Crippen molar-refractivity contribution in [3.63, 3.8) is 0 Å². The molecule has 1 aliphatic heterocycles. The monoisotopic (exact) mass is 363 g/mol. The first-order valence-electron chi connectivity index (χ1n) is 9.55. The fourth-order valence-corrected chi connectivity index (χ4v) is 3.77. The minimum atomic E-state index is -0.173. The Morgan fingerprint density at radius 2 is 1.93 bits per heavy atom. The Morgan fingerprint density at radius 1 is 1.19 bits per heavy atom. The second kappa shape index (κ2) is 7.48. The molecule has 140 valence electrons. The molecule has 3 aromatic rings. The molecule has 2 N–H and O–H groups in total. The average Bonchev–Trinajstić information content (AvgIpc) is 3.09. The van der Waals surface area contributed by atoms with Crippen LogP contribution < -0.4 is 10.6 Å². The van der Waals surface area contributed by atoms with Crippen LogP contribution in [-0.2, 0) is 0 Å². The number of carbonyl (C=O) groups excluding carboxylic acids is 1. The summed E-state index contributed by atoms with van der Waals surface area (Å²) in [5.41, 5.74) is 2.33. The summed E-state index contributed by atoms with van der Waals surface area (Å²) in [4.78, 5) is 12.8. The van der Waals surface area contributed by atoms with Crippen LogP contribution in [0.5, 0.6) is 0 Å². The molecule has 0 aliphatic carbocycles. The van der Waals surface area contributed by atoms with Gasteiger partial charge in [0.2, 0.25) is 0 Å². The lowest BCUT2D eigenvalue weighted by molar-refractivity contribution is 0.0934. The van der Waals surface area contributed by atoms with Crippen LogP contribution in [0.25, 0.3) is 10.8 Å². The smallest absolute Gasteiger partial charge is 0.274 e. The van der Waals surface area contributed by atoms with Gasteiger partial charge in [-0.25, -0.2) is 4.68 Å². The highest BCUT2D eigenvalue weighted by atomic mass is 16.2. The molecular formula is C21H25N5O. The SMILES string of the molecule is Cc1c(C(=O)NC(C)c2ccc3ccccc3c2)nnn1C1CCNCC1. The predicted molar refractivity (Wildman–Crippen MR) is 106 cm³/mol. The molecule has 6 nitrogen and oxygen atoms in total. The van der Waals surface area contributed by atoms with Crippen molar-refractivity contribution in [1.82, 2.24) is 25.6 Å². The van der Waals surface area contributed by atoms with Gasteiger partial charge in [-0.05, 0) is 62.2 Å². The molecule has 1 fully saturated rings. The zero-order valence-corrected chi connectivity index (χ0v) is 15.8. The van der Waals surface area contributed by atoms with Crippen LogP contribution in [0.1, 0.15) is 53.6 Å². The summed E-state index contributed by atoms with van der Waals surface area (Å²) in [6.07, 6.45) is 2.03. The van der Waals surface area contributed by atoms with E-state index in [1.807, 2.05) is 30.7 Å². The molecule has 6 heteroatoms. The second-order valence-corrected chi connectivity index (χ2v) is 7.25. The summed E-state index contributed by atoms with van der Waals surface area (Å²) >= 11 is 0. The Kier molecular flexibility index (Phi) is 4.90. The van der Waals surface area contributed by atoms with E-state index >= 15 is 0 Å². The largest absolute Gasteiger partial charge is 0.344 e. The summed E-state index contributed by atoms with van der Waals surface area (Å²) in [6, 6.07) is 14.7. The molecule has 1 atom stereocenters. The Hall–Kier alpha value is -2.73. The van der Waals surface area contributed by atoms with Gasteiger partial charge in [0.05, 0.1) is 17.8 Å². The lowest BCUT2D eigenvalue weighted by Crippen LogP contribution is -2.31. The van der Waals surface area contributed by atoms with E-state index in [0.717, 1.165) is 37.2 Å². The van der Waals surface area contributed by atoms with E-state index in [1.54, 1.807) is 0 Å². The lowest BCUT2D eigenvalue weighted by Gasteiger charge is -2.23. The summed E-state index contributed by atoms with van der Waals surface area (Å²) in [7, 11) is 0. The molecule has 1 aromatic heterocycles. The maximum atomic E-state index is 12.8. The average molecular weight is 363 g/mol. The molecule has 1 aliphatic rings. The van der Waals surface area contributed by atoms with Crippen LogP contribution in [0.15, 0.2) is 42.5 Å². The van der Waals surface area contributed by atoms with Gasteiger partial charge in [0.1, 0.15) is 0 Å². The van der Waals surface area contributed by atoms with E-state index in [4.69, 9.17) is 0 Å². The Bertz CT molecular complexity index is 958. The molecule has 4 rings (SSSR count). The van der Waals surface area contributed by atoms with E-state index < -0.39 is 0 Å². The van der Waals surface area contributed by atoms with Gasteiger partial charge >= 0.3 is 0 Å². The van der Waals surface area contributed by atoms with Gasteiger partial charge in [0.25, 0.3) is 5.91 Å². The molecule has 0 saturated carbocycles. The first kappa shape index (κ1) is 17.7. The summed E-state index contributed by atoms with van der Waals surface area (Å²) < 4.78 is 1.91. The minimum absolute atomic E-state index is 0.106. The molecule has 0 bridgehead atoms. The number of nitrogens with zero attached hydrogens (tertiary/aromatic N) is 3. The van der Waals surface area contributed by atoms with Crippen molar-refractivity contribution in [3.8, 4) is 0 Å². The fraction of sp³-hybridized carbons (Fsp3) is 0.381. The van der Waals surface area contributed by atoms with Crippen LogP contribution in [-0.4, -0.2) is 34.0 Å². The van der Waals surface area contributed by atoms with Crippen molar-refractivity contribution in [1.29, 1.82) is 0 Å². The number of aromatic nitrogens is 3. The van der Waals surface area contributed by atoms with Gasteiger partial charge < -0.3 is 10.6 Å². The first-order valence-corrected chi connectivity index (χ1v) is 9.55. The topological polar surface area (TPSA) is 71.8 Å². The number of amides is 1. The number of hydrogen-bond donors (Lipinski definition) is 2. The highest BCUT2D eigenvalue weighted by Gasteiger charge is 2.23. The fourth-order valence-electron chi connectivity index (χ4n) is 3.77. The normalized spacial score (nSPS) is 16.4. The number of piperidine rings is 1. The minimum Gasteiger partial charge on any atom is -0.344 e. The summed E-state index contributed by atoms with van der Waals surface area (Å²) in [5, 5.41) is 17.2. The van der Waals surface area contributed by atoms with Gasteiger partial charge in [-0.15, -0.1) is 5.10 Å². The Labute approximate surface area is 159 Å². The van der Waals surface area contributed by atoms with Crippen LogP contribution >= 0.6 is 0 Å². The molecule has 0 radical (unpaired) electrons. The van der Waals surface area contributed by atoms with Crippen LogP contribution in [0.3, 0.4) is 0 Å². The molecule has 1 unspecified atom stereocenters. The number of benzene rings is 2. The first-order chi connectivity index (χ1) is 13.1. The number of hydrogen-bond acceptors (Lipinski definition) is 4. The van der Waals surface area contributed by atoms with Gasteiger partial charge in [-0.3, -0.25) is 4.79 Å². The zero-order chi connectivity index (χ0) is 18.8. The van der Waals surface area contributed by atoms with E-state index in [2.05, 4.69) is 51.3 Å². The molecule has 1 amide bonds. The number of carbonyl (C=O) groups is 1. The molecule has 1 saturated heterocycles. The zero-order valence-electron chi connectivity index (χ0n) is 15.8. The number of nitrogens with one attached hydrogen (secondary N) is 2. The van der Waals surface area contributed by atoms with E-state index in [1.165, 1.54) is 10.8 Å².